The van der Waals surface area contributed by atoms with Crippen molar-refractivity contribution in [1.82, 2.24) is 14.9 Å². The molecule has 1 saturated carbocycles. The molecule has 2 aromatic heterocycles. The highest BCUT2D eigenvalue weighted by Gasteiger charge is 2.47. The Balaban J connectivity index is 1.62. The van der Waals surface area contributed by atoms with Crippen LogP contribution in [-0.2, 0) is 10.3 Å². The van der Waals surface area contributed by atoms with E-state index >= 15 is 0 Å². The summed E-state index contributed by atoms with van der Waals surface area (Å²) in [6, 6.07) is 14.0. The molecular formula is C25H24ClN5O. The minimum absolute atomic E-state index is 0.0815. The highest BCUT2D eigenvalue weighted by molar-refractivity contribution is 6.30. The van der Waals surface area contributed by atoms with E-state index in [4.69, 9.17) is 22.3 Å². The first-order valence-corrected chi connectivity index (χ1v) is 11.0. The molecule has 6 nitrogen and oxygen atoms in total. The first-order chi connectivity index (χ1) is 15.4. The van der Waals surface area contributed by atoms with E-state index in [9.17, 15) is 4.79 Å². The van der Waals surface area contributed by atoms with Crippen LogP contribution in [0.15, 0.2) is 66.0 Å². The van der Waals surface area contributed by atoms with Crippen LogP contribution in [-0.4, -0.2) is 33.8 Å². The molecule has 2 aliphatic rings. The predicted molar refractivity (Wildman–Crippen MR) is 125 cm³/mol. The van der Waals surface area contributed by atoms with Gasteiger partial charge in [0.25, 0.3) is 0 Å². The van der Waals surface area contributed by atoms with Crippen LogP contribution in [0.4, 0.5) is 0 Å². The SMILES string of the molecule is CN1C(=O)[C@H](c2ccc(C3CC3)cc2)[C@@](C)(c2ccnc(-c3cncc(Cl)c3)c2)N=C1N. The van der Waals surface area contributed by atoms with Crippen LogP contribution >= 0.6 is 11.6 Å². The minimum Gasteiger partial charge on any atom is -0.369 e. The number of nitrogens with zero attached hydrogens (tertiary/aromatic N) is 4. The fourth-order valence-electron chi connectivity index (χ4n) is 4.46. The quantitative estimate of drug-likeness (QED) is 0.642. The summed E-state index contributed by atoms with van der Waals surface area (Å²) in [7, 11) is 1.67. The van der Waals surface area contributed by atoms with E-state index in [2.05, 4.69) is 34.2 Å². The Hall–Kier alpha value is -3.25. The van der Waals surface area contributed by atoms with Gasteiger partial charge < -0.3 is 5.73 Å². The molecule has 0 radical (unpaired) electrons. The van der Waals surface area contributed by atoms with E-state index in [1.165, 1.54) is 23.3 Å². The summed E-state index contributed by atoms with van der Waals surface area (Å²) in [5, 5.41) is 0.534. The zero-order valence-corrected chi connectivity index (χ0v) is 18.8. The molecule has 1 aromatic carbocycles. The van der Waals surface area contributed by atoms with E-state index < -0.39 is 11.5 Å². The maximum absolute atomic E-state index is 13.5. The Morgan fingerprint density at radius 1 is 1.09 bits per heavy atom. The lowest BCUT2D eigenvalue weighted by Gasteiger charge is -2.41. The van der Waals surface area contributed by atoms with Gasteiger partial charge in [-0.3, -0.25) is 19.7 Å². The number of carbonyl (C=O) groups excluding carboxylic acids is 1. The van der Waals surface area contributed by atoms with Crippen molar-refractivity contribution in [2.75, 3.05) is 7.05 Å². The number of halogens is 1. The Kier molecular flexibility index (Phi) is 4.97. The molecule has 32 heavy (non-hydrogen) atoms. The van der Waals surface area contributed by atoms with Gasteiger partial charge in [0.1, 0.15) is 5.54 Å². The second kappa shape index (κ2) is 7.71. The second-order valence-electron chi connectivity index (χ2n) is 8.71. The number of nitrogens with two attached hydrogens (primary N) is 1. The maximum Gasteiger partial charge on any atom is 0.239 e. The summed E-state index contributed by atoms with van der Waals surface area (Å²) >= 11 is 6.13. The van der Waals surface area contributed by atoms with E-state index in [0.717, 1.165) is 16.7 Å². The number of hydrogen-bond donors (Lipinski definition) is 1. The lowest BCUT2D eigenvalue weighted by atomic mass is 9.74. The topological polar surface area (TPSA) is 84.5 Å². The van der Waals surface area contributed by atoms with E-state index in [-0.39, 0.29) is 11.9 Å². The Bertz CT molecular complexity index is 1220. The number of aliphatic imine (C=N–C) groups is 1. The molecule has 1 fully saturated rings. The molecule has 0 bridgehead atoms. The number of aromatic nitrogens is 2. The average molecular weight is 446 g/mol. The van der Waals surface area contributed by atoms with Gasteiger partial charge in [0.05, 0.1) is 16.6 Å². The number of hydrogen-bond acceptors (Lipinski definition) is 5. The highest BCUT2D eigenvalue weighted by atomic mass is 35.5. The fourth-order valence-corrected chi connectivity index (χ4v) is 4.63. The molecule has 0 spiro atoms. The highest BCUT2D eigenvalue weighted by Crippen LogP contribution is 2.45. The van der Waals surface area contributed by atoms with Gasteiger partial charge >= 0.3 is 0 Å². The minimum atomic E-state index is -0.890. The van der Waals surface area contributed by atoms with Gasteiger partial charge in [-0.1, -0.05) is 35.9 Å². The van der Waals surface area contributed by atoms with Gasteiger partial charge in [0.2, 0.25) is 5.91 Å². The van der Waals surface area contributed by atoms with Gasteiger partial charge in [-0.2, -0.15) is 0 Å². The van der Waals surface area contributed by atoms with Crippen molar-refractivity contribution < 1.29 is 4.79 Å². The Morgan fingerprint density at radius 3 is 2.50 bits per heavy atom. The number of guanidine groups is 1. The molecule has 3 heterocycles. The van der Waals surface area contributed by atoms with Crippen molar-refractivity contribution in [1.29, 1.82) is 0 Å². The summed E-state index contributed by atoms with van der Waals surface area (Å²) in [4.78, 5) is 28.4. The summed E-state index contributed by atoms with van der Waals surface area (Å²) in [5.41, 5.74) is 9.89. The zero-order valence-electron chi connectivity index (χ0n) is 18.0. The normalized spacial score (nSPS) is 23.2. The summed E-state index contributed by atoms with van der Waals surface area (Å²) in [6.45, 7) is 1.96. The molecule has 1 aliphatic heterocycles. The van der Waals surface area contributed by atoms with Crippen LogP contribution in [0, 0.1) is 0 Å². The molecule has 3 aromatic rings. The summed E-state index contributed by atoms with van der Waals surface area (Å²) < 4.78 is 0. The van der Waals surface area contributed by atoms with E-state index in [1.54, 1.807) is 25.6 Å². The summed E-state index contributed by atoms with van der Waals surface area (Å²) in [6.07, 6.45) is 7.49. The number of benzene rings is 1. The van der Waals surface area contributed by atoms with E-state index in [1.807, 2.05) is 25.1 Å². The van der Waals surface area contributed by atoms with Gasteiger partial charge in [-0.25, -0.2) is 4.99 Å². The van der Waals surface area contributed by atoms with Crippen LogP contribution in [0.2, 0.25) is 5.02 Å². The number of carbonyl (C=O) groups is 1. The summed E-state index contributed by atoms with van der Waals surface area (Å²) in [5.74, 6) is 0.261. The third-order valence-corrected chi connectivity index (χ3v) is 6.70. The van der Waals surface area contributed by atoms with E-state index in [0.29, 0.717) is 16.6 Å². The standard InChI is InChI=1S/C25H24ClN5O/c1-25(19-9-10-29-21(12-19)18-11-20(26)14-28-13-18)22(23(32)31(2)24(27)30-25)17-7-5-16(6-8-17)15-3-4-15/h5-15,22H,3-4H2,1-2H3,(H2,27,30)/t22-,25+/m0/s1. The largest absolute Gasteiger partial charge is 0.369 e. The Labute approximate surface area is 192 Å². The maximum atomic E-state index is 13.5. The lowest BCUT2D eigenvalue weighted by molar-refractivity contribution is -0.130. The average Bonchev–Trinajstić information content (AvgIpc) is 3.64. The van der Waals surface area contributed by atoms with Crippen molar-refractivity contribution in [3.63, 3.8) is 0 Å². The number of likely N-dealkylation sites (N-methyl/N-ethyl adjacent to an activating group) is 1. The van der Waals surface area contributed by atoms with Gasteiger partial charge in [-0.05, 0) is 60.6 Å². The molecule has 5 rings (SSSR count). The van der Waals surface area contributed by atoms with Crippen molar-refractivity contribution in [3.05, 3.63) is 82.8 Å². The first kappa shape index (κ1) is 20.6. The van der Waals surface area contributed by atoms with Crippen LogP contribution in [0.5, 0.6) is 0 Å². The Morgan fingerprint density at radius 2 is 1.81 bits per heavy atom. The van der Waals surface area contributed by atoms with Crippen LogP contribution in [0.1, 0.15) is 48.3 Å². The third-order valence-electron chi connectivity index (χ3n) is 6.49. The van der Waals surface area contributed by atoms with Gasteiger partial charge in [0, 0.05) is 31.2 Å². The van der Waals surface area contributed by atoms with Crippen molar-refractivity contribution in [3.8, 4) is 11.3 Å². The molecule has 0 unspecified atom stereocenters. The van der Waals surface area contributed by atoms with Crippen LogP contribution in [0.3, 0.4) is 0 Å². The molecule has 0 saturated heterocycles. The third kappa shape index (κ3) is 3.54. The van der Waals surface area contributed by atoms with Gasteiger partial charge in [-0.15, -0.1) is 0 Å². The number of rotatable bonds is 4. The zero-order chi connectivity index (χ0) is 22.5. The molecule has 1 amide bonds. The molecule has 7 heteroatoms. The number of pyridine rings is 2. The molecule has 2 N–H and O–H groups in total. The monoisotopic (exact) mass is 445 g/mol. The predicted octanol–water partition coefficient (Wildman–Crippen LogP) is 4.46. The molecule has 162 valence electrons. The lowest BCUT2D eigenvalue weighted by Crippen LogP contribution is -2.52. The molecule has 2 atom stereocenters. The molecule has 1 aliphatic carbocycles. The van der Waals surface area contributed by atoms with Crippen molar-refractivity contribution >= 4 is 23.5 Å². The van der Waals surface area contributed by atoms with Crippen LogP contribution < -0.4 is 5.73 Å². The number of amides is 1. The van der Waals surface area contributed by atoms with Gasteiger partial charge in [0.15, 0.2) is 5.96 Å². The first-order valence-electron chi connectivity index (χ1n) is 10.7. The van der Waals surface area contributed by atoms with Crippen LogP contribution in [0.25, 0.3) is 11.3 Å². The van der Waals surface area contributed by atoms with Crippen molar-refractivity contribution in [2.24, 2.45) is 10.7 Å². The molecular weight excluding hydrogens is 422 g/mol. The fraction of sp³-hybridized carbons (Fsp3) is 0.280. The van der Waals surface area contributed by atoms with Crippen molar-refractivity contribution in [2.45, 2.75) is 37.1 Å². The smallest absolute Gasteiger partial charge is 0.239 e. The second-order valence-corrected chi connectivity index (χ2v) is 9.15.